The van der Waals surface area contributed by atoms with Gasteiger partial charge in [0, 0.05) is 0 Å². The number of benzene rings is 2. The molecule has 206 valence electrons. The van der Waals surface area contributed by atoms with Gasteiger partial charge in [-0.25, -0.2) is 0 Å². The Labute approximate surface area is 228 Å². The Morgan fingerprint density at radius 3 is 2.00 bits per heavy atom. The Hall–Kier alpha value is -3.08. The predicted molar refractivity (Wildman–Crippen MR) is 153 cm³/mol. The highest BCUT2D eigenvalue weighted by Crippen LogP contribution is 2.48. The number of ether oxygens (including phenoxy) is 3. The summed E-state index contributed by atoms with van der Waals surface area (Å²) in [5, 5.41) is 0. The molecule has 0 bridgehead atoms. The fourth-order valence-electron chi connectivity index (χ4n) is 5.61. The molecule has 1 aliphatic rings. The van der Waals surface area contributed by atoms with Gasteiger partial charge in [0.15, 0.2) is 0 Å². The lowest BCUT2D eigenvalue weighted by Crippen LogP contribution is -2.43. The minimum absolute atomic E-state index is 0.192. The summed E-state index contributed by atoms with van der Waals surface area (Å²) in [7, 11) is 3.07. The maximum absolute atomic E-state index is 14.2. The number of methoxy groups -OCH3 is 2. The molecule has 0 spiro atoms. The molecule has 1 unspecified atom stereocenters. The van der Waals surface area contributed by atoms with Crippen LogP contribution in [0.15, 0.2) is 48.5 Å². The lowest BCUT2D eigenvalue weighted by Gasteiger charge is -2.39. The summed E-state index contributed by atoms with van der Waals surface area (Å²) in [5.74, 6) is 1.20. The van der Waals surface area contributed by atoms with Crippen molar-refractivity contribution in [2.45, 2.75) is 85.0 Å². The van der Waals surface area contributed by atoms with Crippen molar-refractivity contribution in [2.24, 2.45) is 10.8 Å². The second-order valence-corrected chi connectivity index (χ2v) is 11.5. The summed E-state index contributed by atoms with van der Waals surface area (Å²) >= 11 is 0. The standard InChI is InChI=1S/C33H44O5/c1-23(2)27-12-11-13-28(24(3)4)29(27)38-30(34)32(5,21-18-25-14-16-26(36-6)17-15-25)22-33(31(35)37-7)19-9-8-10-20-33/h11-18,21,23-24H,8-10,19-20,22H2,1-7H3/b21-18+. The van der Waals surface area contributed by atoms with E-state index in [0.717, 1.165) is 41.7 Å². The number of carbonyl (C=O) groups excluding carboxylic acids is 2. The van der Waals surface area contributed by atoms with Crippen molar-refractivity contribution in [2.75, 3.05) is 14.2 Å². The Balaban J connectivity index is 2.06. The third kappa shape index (κ3) is 6.67. The zero-order chi connectivity index (χ0) is 27.9. The van der Waals surface area contributed by atoms with Crippen molar-refractivity contribution in [3.63, 3.8) is 0 Å². The molecule has 0 aliphatic heterocycles. The number of esters is 2. The molecule has 1 saturated carbocycles. The average molecular weight is 521 g/mol. The average Bonchev–Trinajstić information content (AvgIpc) is 2.92. The van der Waals surface area contributed by atoms with Gasteiger partial charge in [-0.05, 0) is 66.8 Å². The predicted octanol–water partition coefficient (Wildman–Crippen LogP) is 8.08. The molecule has 0 saturated heterocycles. The van der Waals surface area contributed by atoms with Crippen LogP contribution in [0.3, 0.4) is 0 Å². The van der Waals surface area contributed by atoms with E-state index in [2.05, 4.69) is 27.7 Å². The summed E-state index contributed by atoms with van der Waals surface area (Å²) in [6, 6.07) is 13.8. The first-order valence-electron chi connectivity index (χ1n) is 13.8. The molecule has 0 amide bonds. The minimum atomic E-state index is -1.05. The van der Waals surface area contributed by atoms with E-state index in [-0.39, 0.29) is 23.8 Å². The Kier molecular flexibility index (Phi) is 9.81. The highest BCUT2D eigenvalue weighted by molar-refractivity contribution is 5.85. The summed E-state index contributed by atoms with van der Waals surface area (Å²) in [5.41, 5.74) is 1.18. The number of hydrogen-bond donors (Lipinski definition) is 0. The first-order chi connectivity index (χ1) is 18.0. The third-order valence-electron chi connectivity index (χ3n) is 7.88. The van der Waals surface area contributed by atoms with Crippen LogP contribution < -0.4 is 9.47 Å². The first kappa shape index (κ1) is 29.5. The summed E-state index contributed by atoms with van der Waals surface area (Å²) in [4.78, 5) is 27.4. The van der Waals surface area contributed by atoms with Crippen molar-refractivity contribution < 1.29 is 23.8 Å². The van der Waals surface area contributed by atoms with Crippen molar-refractivity contribution >= 4 is 18.0 Å². The van der Waals surface area contributed by atoms with Gasteiger partial charge < -0.3 is 14.2 Å². The molecule has 0 N–H and O–H groups in total. The summed E-state index contributed by atoms with van der Waals surface area (Å²) < 4.78 is 16.9. The molecule has 2 aromatic carbocycles. The van der Waals surface area contributed by atoms with Crippen LogP contribution in [0.5, 0.6) is 11.5 Å². The van der Waals surface area contributed by atoms with E-state index >= 15 is 0 Å². The normalized spacial score (nSPS) is 16.9. The van der Waals surface area contributed by atoms with Gasteiger partial charge in [0.05, 0.1) is 25.0 Å². The first-order valence-corrected chi connectivity index (χ1v) is 13.8. The van der Waals surface area contributed by atoms with Crippen molar-refractivity contribution in [1.29, 1.82) is 0 Å². The highest BCUT2D eigenvalue weighted by Gasteiger charge is 2.48. The lowest BCUT2D eigenvalue weighted by molar-refractivity contribution is -0.159. The second kappa shape index (κ2) is 12.6. The number of para-hydroxylation sites is 1. The topological polar surface area (TPSA) is 61.8 Å². The zero-order valence-corrected chi connectivity index (χ0v) is 24.1. The lowest BCUT2D eigenvalue weighted by atomic mass is 9.64. The van der Waals surface area contributed by atoms with E-state index in [1.165, 1.54) is 7.11 Å². The van der Waals surface area contributed by atoms with Gasteiger partial charge in [-0.15, -0.1) is 0 Å². The maximum atomic E-state index is 14.2. The van der Waals surface area contributed by atoms with Gasteiger partial charge in [-0.2, -0.15) is 0 Å². The van der Waals surface area contributed by atoms with Crippen LogP contribution in [-0.4, -0.2) is 26.2 Å². The highest BCUT2D eigenvalue weighted by atomic mass is 16.5. The molecule has 3 rings (SSSR count). The van der Waals surface area contributed by atoms with Crippen LogP contribution in [0.2, 0.25) is 0 Å². The maximum Gasteiger partial charge on any atom is 0.321 e. The van der Waals surface area contributed by atoms with Crippen LogP contribution in [-0.2, 0) is 14.3 Å². The molecule has 0 heterocycles. The molecule has 1 atom stereocenters. The van der Waals surface area contributed by atoms with Crippen LogP contribution in [0.25, 0.3) is 6.08 Å². The van der Waals surface area contributed by atoms with E-state index in [1.807, 2.05) is 61.5 Å². The van der Waals surface area contributed by atoms with Gasteiger partial charge in [-0.1, -0.05) is 89.4 Å². The Bertz CT molecular complexity index is 1100. The third-order valence-corrected chi connectivity index (χ3v) is 7.88. The molecule has 0 radical (unpaired) electrons. The molecule has 1 aliphatic carbocycles. The summed E-state index contributed by atoms with van der Waals surface area (Å²) in [6.45, 7) is 10.3. The van der Waals surface area contributed by atoms with E-state index in [4.69, 9.17) is 14.2 Å². The van der Waals surface area contributed by atoms with Crippen molar-refractivity contribution in [1.82, 2.24) is 0 Å². The molecule has 2 aromatic rings. The van der Waals surface area contributed by atoms with Gasteiger partial charge in [0.1, 0.15) is 11.5 Å². The van der Waals surface area contributed by atoms with Crippen LogP contribution in [0.4, 0.5) is 0 Å². The smallest absolute Gasteiger partial charge is 0.321 e. The molecule has 5 nitrogen and oxygen atoms in total. The number of carbonyl (C=O) groups is 2. The molecule has 38 heavy (non-hydrogen) atoms. The van der Waals surface area contributed by atoms with Crippen molar-refractivity contribution in [3.05, 3.63) is 65.2 Å². The fourth-order valence-corrected chi connectivity index (χ4v) is 5.61. The van der Waals surface area contributed by atoms with E-state index in [0.29, 0.717) is 25.0 Å². The molecule has 0 aromatic heterocycles. The number of rotatable bonds is 10. The fraction of sp³-hybridized carbons (Fsp3) is 0.515. The molecule has 5 heteroatoms. The van der Waals surface area contributed by atoms with E-state index < -0.39 is 10.8 Å². The summed E-state index contributed by atoms with van der Waals surface area (Å²) in [6.07, 6.45) is 8.56. The van der Waals surface area contributed by atoms with Gasteiger partial charge in [0.2, 0.25) is 0 Å². The quantitative estimate of drug-likeness (QED) is 0.234. The number of hydrogen-bond acceptors (Lipinski definition) is 5. The van der Waals surface area contributed by atoms with Gasteiger partial charge in [-0.3, -0.25) is 9.59 Å². The SMILES string of the molecule is COC(=O)C1(CC(C)(/C=C/c2ccc(OC)cc2)C(=O)Oc2c(C(C)C)cccc2C(C)C)CCCCC1. The molecular weight excluding hydrogens is 476 g/mol. The van der Waals surface area contributed by atoms with Crippen LogP contribution in [0.1, 0.15) is 102 Å². The van der Waals surface area contributed by atoms with Gasteiger partial charge in [0.25, 0.3) is 0 Å². The largest absolute Gasteiger partial charge is 0.497 e. The monoisotopic (exact) mass is 520 g/mol. The zero-order valence-electron chi connectivity index (χ0n) is 24.1. The molecular formula is C33H44O5. The molecule has 1 fully saturated rings. The Morgan fingerprint density at radius 1 is 0.921 bits per heavy atom. The van der Waals surface area contributed by atoms with Gasteiger partial charge >= 0.3 is 11.9 Å². The van der Waals surface area contributed by atoms with Crippen molar-refractivity contribution in [3.8, 4) is 11.5 Å². The van der Waals surface area contributed by atoms with E-state index in [9.17, 15) is 9.59 Å². The minimum Gasteiger partial charge on any atom is -0.497 e. The van der Waals surface area contributed by atoms with Crippen LogP contribution >= 0.6 is 0 Å². The second-order valence-electron chi connectivity index (χ2n) is 11.5. The van der Waals surface area contributed by atoms with E-state index in [1.54, 1.807) is 7.11 Å². The Morgan fingerprint density at radius 2 is 1.50 bits per heavy atom. The van der Waals surface area contributed by atoms with Crippen LogP contribution in [0, 0.1) is 10.8 Å².